The van der Waals surface area contributed by atoms with Crippen LogP contribution in [0.25, 0.3) is 0 Å². The van der Waals surface area contributed by atoms with Gasteiger partial charge >= 0.3 is 12.0 Å². The van der Waals surface area contributed by atoms with Crippen molar-refractivity contribution in [1.29, 1.82) is 0 Å². The Balaban J connectivity index is 2.47. The standard InChI is InChI=1S/C16H24N2O3/c1-11(2)7-13(9-15(19)20)10-17-16(21)18-14-6-4-5-12(3)8-14/h4-6,8,11,13H,7,9-10H2,1-3H3,(H,19,20)(H2,17,18,21). The minimum Gasteiger partial charge on any atom is -0.481 e. The van der Waals surface area contributed by atoms with Crippen LogP contribution in [-0.4, -0.2) is 23.7 Å². The van der Waals surface area contributed by atoms with E-state index in [0.29, 0.717) is 12.5 Å². The normalized spacial score (nSPS) is 12.0. The van der Waals surface area contributed by atoms with Gasteiger partial charge in [-0.3, -0.25) is 4.79 Å². The SMILES string of the molecule is Cc1cccc(NC(=O)NCC(CC(=O)O)CC(C)C)c1. The lowest BCUT2D eigenvalue weighted by Gasteiger charge is -2.18. The molecule has 3 N–H and O–H groups in total. The summed E-state index contributed by atoms with van der Waals surface area (Å²) in [6.07, 6.45) is 0.847. The lowest BCUT2D eigenvalue weighted by atomic mass is 9.94. The van der Waals surface area contributed by atoms with Crippen molar-refractivity contribution in [3.8, 4) is 0 Å². The van der Waals surface area contributed by atoms with E-state index in [1.54, 1.807) is 0 Å². The molecule has 5 heteroatoms. The molecule has 0 bridgehead atoms. The number of benzene rings is 1. The second-order valence-corrected chi connectivity index (χ2v) is 5.80. The minimum atomic E-state index is -0.832. The second kappa shape index (κ2) is 8.29. The molecule has 0 aromatic heterocycles. The summed E-state index contributed by atoms with van der Waals surface area (Å²) in [6, 6.07) is 7.21. The highest BCUT2D eigenvalue weighted by Gasteiger charge is 2.16. The van der Waals surface area contributed by atoms with E-state index in [1.165, 1.54) is 0 Å². The molecule has 116 valence electrons. The summed E-state index contributed by atoms with van der Waals surface area (Å²) in [7, 11) is 0. The fraction of sp³-hybridized carbons (Fsp3) is 0.500. The van der Waals surface area contributed by atoms with Crippen molar-refractivity contribution in [2.45, 2.75) is 33.6 Å². The molecule has 0 aliphatic heterocycles. The highest BCUT2D eigenvalue weighted by atomic mass is 16.4. The summed E-state index contributed by atoms with van der Waals surface area (Å²) in [5.74, 6) is -0.483. The zero-order chi connectivity index (χ0) is 15.8. The van der Waals surface area contributed by atoms with Crippen molar-refractivity contribution >= 4 is 17.7 Å². The Bertz CT molecular complexity index is 486. The molecule has 1 aromatic rings. The minimum absolute atomic E-state index is 0.0502. The molecule has 0 radical (unpaired) electrons. The van der Waals surface area contributed by atoms with E-state index in [9.17, 15) is 9.59 Å². The average Bonchev–Trinajstić information content (AvgIpc) is 2.34. The van der Waals surface area contributed by atoms with E-state index in [0.717, 1.165) is 17.7 Å². The number of anilines is 1. The van der Waals surface area contributed by atoms with E-state index >= 15 is 0 Å². The molecular weight excluding hydrogens is 268 g/mol. The first kappa shape index (κ1) is 17.0. The van der Waals surface area contributed by atoms with E-state index in [4.69, 9.17) is 5.11 Å². The highest BCUT2D eigenvalue weighted by Crippen LogP contribution is 2.15. The topological polar surface area (TPSA) is 78.4 Å². The third-order valence-corrected chi connectivity index (χ3v) is 3.10. The number of carbonyl (C=O) groups is 2. The number of carboxylic acids is 1. The first-order valence-corrected chi connectivity index (χ1v) is 7.20. The van der Waals surface area contributed by atoms with Gasteiger partial charge in [0.2, 0.25) is 0 Å². The summed E-state index contributed by atoms with van der Waals surface area (Å²) in [5, 5.41) is 14.4. The first-order chi connectivity index (χ1) is 9.86. The monoisotopic (exact) mass is 292 g/mol. The molecule has 1 rings (SSSR count). The average molecular weight is 292 g/mol. The first-order valence-electron chi connectivity index (χ1n) is 7.20. The summed E-state index contributed by atoms with van der Waals surface area (Å²) < 4.78 is 0. The van der Waals surface area contributed by atoms with Gasteiger partial charge in [0.05, 0.1) is 0 Å². The molecule has 21 heavy (non-hydrogen) atoms. The van der Waals surface area contributed by atoms with Gasteiger partial charge in [0, 0.05) is 18.7 Å². The molecule has 0 heterocycles. The summed E-state index contributed by atoms with van der Waals surface area (Å²) >= 11 is 0. The zero-order valence-electron chi connectivity index (χ0n) is 12.8. The van der Waals surface area contributed by atoms with Crippen LogP contribution in [0.2, 0.25) is 0 Å². The number of urea groups is 1. The maximum Gasteiger partial charge on any atom is 0.319 e. The number of aryl methyl sites for hydroxylation is 1. The molecule has 0 aliphatic carbocycles. The number of hydrogen-bond acceptors (Lipinski definition) is 2. The largest absolute Gasteiger partial charge is 0.481 e. The van der Waals surface area contributed by atoms with E-state index in [1.807, 2.05) is 45.0 Å². The van der Waals surface area contributed by atoms with Crippen molar-refractivity contribution in [3.63, 3.8) is 0 Å². The Morgan fingerprint density at radius 3 is 2.57 bits per heavy atom. The van der Waals surface area contributed by atoms with Crippen molar-refractivity contribution < 1.29 is 14.7 Å². The summed E-state index contributed by atoms with van der Waals surface area (Å²) in [6.45, 7) is 6.40. The number of rotatable bonds is 7. The maximum absolute atomic E-state index is 11.8. The predicted molar refractivity (Wildman–Crippen MR) is 83.4 cm³/mol. The molecule has 0 saturated heterocycles. The van der Waals surface area contributed by atoms with Crippen LogP contribution in [0.5, 0.6) is 0 Å². The number of aliphatic carboxylic acids is 1. The molecule has 0 saturated carbocycles. The molecule has 5 nitrogen and oxygen atoms in total. The quantitative estimate of drug-likeness (QED) is 0.721. The molecule has 0 spiro atoms. The van der Waals surface area contributed by atoms with Crippen molar-refractivity contribution in [3.05, 3.63) is 29.8 Å². The van der Waals surface area contributed by atoms with Gasteiger partial charge in [0.25, 0.3) is 0 Å². The molecule has 1 atom stereocenters. The number of hydrogen-bond donors (Lipinski definition) is 3. The van der Waals surface area contributed by atoms with Gasteiger partial charge in [-0.15, -0.1) is 0 Å². The Morgan fingerprint density at radius 1 is 1.29 bits per heavy atom. The van der Waals surface area contributed by atoms with Crippen LogP contribution in [0.3, 0.4) is 0 Å². The molecule has 2 amide bonds. The third kappa shape index (κ3) is 7.34. The van der Waals surface area contributed by atoms with E-state index in [2.05, 4.69) is 10.6 Å². The van der Waals surface area contributed by atoms with Crippen LogP contribution in [0.15, 0.2) is 24.3 Å². The van der Waals surface area contributed by atoms with Gasteiger partial charge in [-0.25, -0.2) is 4.79 Å². The van der Waals surface area contributed by atoms with Gasteiger partial charge < -0.3 is 15.7 Å². The Morgan fingerprint density at radius 2 is 2.00 bits per heavy atom. The van der Waals surface area contributed by atoms with E-state index < -0.39 is 5.97 Å². The van der Waals surface area contributed by atoms with Crippen LogP contribution in [-0.2, 0) is 4.79 Å². The lowest BCUT2D eigenvalue weighted by molar-refractivity contribution is -0.138. The fourth-order valence-electron chi connectivity index (χ4n) is 2.29. The summed E-state index contributed by atoms with van der Waals surface area (Å²) in [4.78, 5) is 22.7. The van der Waals surface area contributed by atoms with Crippen LogP contribution in [0.4, 0.5) is 10.5 Å². The van der Waals surface area contributed by atoms with Crippen LogP contribution >= 0.6 is 0 Å². The van der Waals surface area contributed by atoms with Gasteiger partial charge in [-0.05, 0) is 42.9 Å². The number of nitrogens with one attached hydrogen (secondary N) is 2. The smallest absolute Gasteiger partial charge is 0.319 e. The second-order valence-electron chi connectivity index (χ2n) is 5.80. The zero-order valence-corrected chi connectivity index (χ0v) is 12.8. The van der Waals surface area contributed by atoms with Crippen molar-refractivity contribution in [1.82, 2.24) is 5.32 Å². The molecule has 0 fully saturated rings. The predicted octanol–water partition coefficient (Wildman–Crippen LogP) is 3.25. The van der Waals surface area contributed by atoms with Gasteiger partial charge in [0.15, 0.2) is 0 Å². The van der Waals surface area contributed by atoms with Gasteiger partial charge in [0.1, 0.15) is 0 Å². The number of carbonyl (C=O) groups excluding carboxylic acids is 1. The number of amides is 2. The van der Waals surface area contributed by atoms with Gasteiger partial charge in [-0.2, -0.15) is 0 Å². The molecule has 0 aliphatic rings. The maximum atomic E-state index is 11.8. The Labute approximate surface area is 125 Å². The lowest BCUT2D eigenvalue weighted by Crippen LogP contribution is -2.34. The van der Waals surface area contributed by atoms with Crippen molar-refractivity contribution in [2.24, 2.45) is 11.8 Å². The third-order valence-electron chi connectivity index (χ3n) is 3.10. The van der Waals surface area contributed by atoms with Gasteiger partial charge in [-0.1, -0.05) is 26.0 Å². The molecule has 1 aromatic carbocycles. The Kier molecular flexibility index (Phi) is 6.72. The van der Waals surface area contributed by atoms with Crippen molar-refractivity contribution in [2.75, 3.05) is 11.9 Å². The number of carboxylic acid groups (broad SMARTS) is 1. The fourth-order valence-corrected chi connectivity index (χ4v) is 2.29. The molecular formula is C16H24N2O3. The van der Waals surface area contributed by atoms with Crippen LogP contribution in [0, 0.1) is 18.8 Å². The van der Waals surface area contributed by atoms with Crippen LogP contribution < -0.4 is 10.6 Å². The van der Waals surface area contributed by atoms with E-state index in [-0.39, 0.29) is 18.4 Å². The van der Waals surface area contributed by atoms with Crippen LogP contribution in [0.1, 0.15) is 32.3 Å². The Hall–Kier alpha value is -2.04. The highest BCUT2D eigenvalue weighted by molar-refractivity contribution is 5.89. The molecule has 1 unspecified atom stereocenters. The summed E-state index contributed by atoms with van der Waals surface area (Å²) in [5.41, 5.74) is 1.79.